The molecule has 1 aromatic carbocycles. The van der Waals surface area contributed by atoms with Gasteiger partial charge in [0.05, 0.1) is 11.6 Å². The van der Waals surface area contributed by atoms with E-state index in [2.05, 4.69) is 11.1 Å². The highest BCUT2D eigenvalue weighted by atomic mass is 32.2. The van der Waals surface area contributed by atoms with Crippen molar-refractivity contribution in [2.24, 2.45) is 0 Å². The second-order valence-corrected chi connectivity index (χ2v) is 7.17. The Bertz CT molecular complexity index is 792. The average molecular weight is 313 g/mol. The number of hydrogen-bond acceptors (Lipinski definition) is 4. The number of aromatic nitrogens is 1. The first kappa shape index (κ1) is 14.7. The average Bonchev–Trinajstić information content (AvgIpc) is 3.38. The molecule has 5 nitrogen and oxygen atoms in total. The van der Waals surface area contributed by atoms with Gasteiger partial charge in [0.1, 0.15) is 4.90 Å². The van der Waals surface area contributed by atoms with Gasteiger partial charge in [-0.3, -0.25) is 4.98 Å². The van der Waals surface area contributed by atoms with Crippen molar-refractivity contribution in [3.05, 3.63) is 59.9 Å². The van der Waals surface area contributed by atoms with E-state index in [-0.39, 0.29) is 10.9 Å². The molecule has 0 N–H and O–H groups in total. The molecule has 0 amide bonds. The van der Waals surface area contributed by atoms with E-state index < -0.39 is 10.0 Å². The molecule has 112 valence electrons. The molecule has 1 aromatic heterocycles. The van der Waals surface area contributed by atoms with Crippen LogP contribution in [0, 0.1) is 11.3 Å². The zero-order valence-electron chi connectivity index (χ0n) is 11.9. The number of nitriles is 1. The SMILES string of the molecule is N#Cc1ccc(CN(C2CC2)S(=O)(=O)c2cccnc2)cc1. The van der Waals surface area contributed by atoms with Gasteiger partial charge >= 0.3 is 0 Å². The maximum atomic E-state index is 12.8. The van der Waals surface area contributed by atoms with Crippen LogP contribution in [0.15, 0.2) is 53.7 Å². The van der Waals surface area contributed by atoms with E-state index in [1.807, 2.05) is 0 Å². The minimum absolute atomic E-state index is 0.0563. The summed E-state index contributed by atoms with van der Waals surface area (Å²) < 4.78 is 27.1. The Morgan fingerprint density at radius 3 is 2.50 bits per heavy atom. The second-order valence-electron chi connectivity index (χ2n) is 5.28. The van der Waals surface area contributed by atoms with Crippen molar-refractivity contribution in [3.63, 3.8) is 0 Å². The summed E-state index contributed by atoms with van der Waals surface area (Å²) >= 11 is 0. The van der Waals surface area contributed by atoms with E-state index in [1.165, 1.54) is 10.5 Å². The predicted molar refractivity (Wildman–Crippen MR) is 81.1 cm³/mol. The molecule has 0 unspecified atom stereocenters. The zero-order chi connectivity index (χ0) is 15.6. The van der Waals surface area contributed by atoms with Gasteiger partial charge in [-0.15, -0.1) is 0 Å². The Morgan fingerprint density at radius 1 is 1.23 bits per heavy atom. The largest absolute Gasteiger partial charge is 0.263 e. The van der Waals surface area contributed by atoms with Crippen LogP contribution in [0.2, 0.25) is 0 Å². The maximum absolute atomic E-state index is 12.8. The number of hydrogen-bond donors (Lipinski definition) is 0. The van der Waals surface area contributed by atoms with Crippen molar-refractivity contribution in [2.75, 3.05) is 0 Å². The molecule has 22 heavy (non-hydrogen) atoms. The predicted octanol–water partition coefficient (Wildman–Crippen LogP) is 2.31. The van der Waals surface area contributed by atoms with Crippen molar-refractivity contribution in [3.8, 4) is 6.07 Å². The molecule has 0 aliphatic heterocycles. The van der Waals surface area contributed by atoms with Gasteiger partial charge in [0.15, 0.2) is 0 Å². The molecule has 2 aromatic rings. The summed E-state index contributed by atoms with van der Waals surface area (Å²) in [6, 6.07) is 12.3. The van der Waals surface area contributed by atoms with Gasteiger partial charge in [-0.1, -0.05) is 12.1 Å². The Kier molecular flexibility index (Phi) is 3.92. The van der Waals surface area contributed by atoms with Gasteiger partial charge in [-0.05, 0) is 42.7 Å². The minimum atomic E-state index is -3.55. The molecule has 0 radical (unpaired) electrons. The first-order valence-electron chi connectivity index (χ1n) is 7.02. The molecule has 0 bridgehead atoms. The van der Waals surface area contributed by atoms with Crippen LogP contribution in [0.3, 0.4) is 0 Å². The quantitative estimate of drug-likeness (QED) is 0.849. The number of sulfonamides is 1. The fourth-order valence-corrected chi connectivity index (χ4v) is 3.91. The molecular formula is C16H15N3O2S. The highest BCUT2D eigenvalue weighted by Gasteiger charge is 2.38. The van der Waals surface area contributed by atoms with E-state index in [4.69, 9.17) is 5.26 Å². The third-order valence-corrected chi connectivity index (χ3v) is 5.50. The van der Waals surface area contributed by atoms with Crippen LogP contribution in [0.1, 0.15) is 24.0 Å². The van der Waals surface area contributed by atoms with Gasteiger partial charge in [0, 0.05) is 25.0 Å². The van der Waals surface area contributed by atoms with Crippen LogP contribution in [0.5, 0.6) is 0 Å². The fraction of sp³-hybridized carbons (Fsp3) is 0.250. The molecule has 6 heteroatoms. The number of benzene rings is 1. The molecule has 1 saturated carbocycles. The lowest BCUT2D eigenvalue weighted by Crippen LogP contribution is -2.32. The first-order chi connectivity index (χ1) is 10.6. The Labute approximate surface area is 129 Å². The molecule has 1 aliphatic carbocycles. The monoisotopic (exact) mass is 313 g/mol. The Morgan fingerprint density at radius 2 is 1.95 bits per heavy atom. The van der Waals surface area contributed by atoms with Crippen LogP contribution in [-0.2, 0) is 16.6 Å². The number of pyridine rings is 1. The third-order valence-electron chi connectivity index (χ3n) is 3.62. The van der Waals surface area contributed by atoms with Gasteiger partial charge in [0.2, 0.25) is 10.0 Å². The van der Waals surface area contributed by atoms with Crippen molar-refractivity contribution >= 4 is 10.0 Å². The molecule has 1 fully saturated rings. The molecule has 0 saturated heterocycles. The lowest BCUT2D eigenvalue weighted by atomic mass is 10.1. The Balaban J connectivity index is 1.88. The summed E-state index contributed by atoms with van der Waals surface area (Å²) in [5.41, 5.74) is 1.44. The zero-order valence-corrected chi connectivity index (χ0v) is 12.7. The summed E-state index contributed by atoms with van der Waals surface area (Å²) in [4.78, 5) is 4.12. The van der Waals surface area contributed by atoms with Crippen molar-refractivity contribution in [2.45, 2.75) is 30.3 Å². The van der Waals surface area contributed by atoms with Crippen LogP contribution in [-0.4, -0.2) is 23.7 Å². The standard InChI is InChI=1S/C16H15N3O2S/c17-10-13-3-5-14(6-4-13)12-19(15-7-8-15)22(20,21)16-2-1-9-18-11-16/h1-6,9,11,15H,7-8,12H2. The van der Waals surface area contributed by atoms with E-state index >= 15 is 0 Å². The van der Waals surface area contributed by atoms with Crippen LogP contribution in [0.25, 0.3) is 0 Å². The van der Waals surface area contributed by atoms with Crippen molar-refractivity contribution in [1.82, 2.24) is 9.29 Å². The summed E-state index contributed by atoms with van der Waals surface area (Å²) in [6.07, 6.45) is 4.70. The lowest BCUT2D eigenvalue weighted by Gasteiger charge is -2.21. The minimum Gasteiger partial charge on any atom is -0.263 e. The molecule has 3 rings (SSSR count). The fourth-order valence-electron chi connectivity index (χ4n) is 2.27. The number of nitrogens with zero attached hydrogens (tertiary/aromatic N) is 3. The summed E-state index contributed by atoms with van der Waals surface area (Å²) in [7, 11) is -3.55. The molecule has 1 heterocycles. The van der Waals surface area contributed by atoms with Crippen molar-refractivity contribution in [1.29, 1.82) is 5.26 Å². The third kappa shape index (κ3) is 3.01. The van der Waals surface area contributed by atoms with Crippen LogP contribution >= 0.6 is 0 Å². The Hall–Kier alpha value is -2.23. The summed E-state index contributed by atoms with van der Waals surface area (Å²) in [5, 5.41) is 8.82. The van der Waals surface area contributed by atoms with Crippen LogP contribution in [0.4, 0.5) is 0 Å². The van der Waals surface area contributed by atoms with Gasteiger partial charge in [-0.25, -0.2) is 8.42 Å². The highest BCUT2D eigenvalue weighted by Crippen LogP contribution is 2.33. The summed E-state index contributed by atoms with van der Waals surface area (Å²) in [5.74, 6) is 0. The summed E-state index contributed by atoms with van der Waals surface area (Å²) in [6.45, 7) is 0.313. The first-order valence-corrected chi connectivity index (χ1v) is 8.46. The smallest absolute Gasteiger partial charge is 0.245 e. The van der Waals surface area contributed by atoms with Crippen LogP contribution < -0.4 is 0 Å². The molecular weight excluding hydrogens is 298 g/mol. The van der Waals surface area contributed by atoms with Gasteiger partial charge in [-0.2, -0.15) is 9.57 Å². The molecule has 0 atom stereocenters. The van der Waals surface area contributed by atoms with Gasteiger partial charge in [0.25, 0.3) is 0 Å². The van der Waals surface area contributed by atoms with E-state index in [9.17, 15) is 8.42 Å². The van der Waals surface area contributed by atoms with Gasteiger partial charge < -0.3 is 0 Å². The normalized spacial score (nSPS) is 14.7. The molecule has 0 spiro atoms. The van der Waals surface area contributed by atoms with E-state index in [0.717, 1.165) is 18.4 Å². The van der Waals surface area contributed by atoms with E-state index in [1.54, 1.807) is 42.6 Å². The second kappa shape index (κ2) is 5.87. The van der Waals surface area contributed by atoms with Crippen molar-refractivity contribution < 1.29 is 8.42 Å². The van der Waals surface area contributed by atoms with E-state index in [0.29, 0.717) is 12.1 Å². The maximum Gasteiger partial charge on any atom is 0.245 e. The topological polar surface area (TPSA) is 74.1 Å². The number of rotatable bonds is 5. The lowest BCUT2D eigenvalue weighted by molar-refractivity contribution is 0.398. The highest BCUT2D eigenvalue weighted by molar-refractivity contribution is 7.89. The molecule has 1 aliphatic rings.